The van der Waals surface area contributed by atoms with Crippen molar-refractivity contribution in [1.82, 2.24) is 10.6 Å². The number of urea groups is 1. The zero-order chi connectivity index (χ0) is 12.8. The molecular weight excluding hydrogens is 268 g/mol. The molecule has 0 fully saturated rings. The van der Waals surface area contributed by atoms with Gasteiger partial charge >= 0.3 is 6.03 Å². The SMILES string of the molecule is O=C(NCc1cccs1)NCC(O)c1ccsc1. The molecule has 96 valence electrons. The van der Waals surface area contributed by atoms with E-state index in [0.717, 1.165) is 10.4 Å². The van der Waals surface area contributed by atoms with Crippen molar-refractivity contribution in [2.75, 3.05) is 6.54 Å². The Hall–Kier alpha value is -1.37. The van der Waals surface area contributed by atoms with E-state index >= 15 is 0 Å². The third-order valence-corrected chi connectivity index (χ3v) is 3.97. The summed E-state index contributed by atoms with van der Waals surface area (Å²) in [5.41, 5.74) is 0.832. The van der Waals surface area contributed by atoms with Crippen LogP contribution in [0.2, 0.25) is 0 Å². The molecule has 18 heavy (non-hydrogen) atoms. The molecule has 0 saturated carbocycles. The lowest BCUT2D eigenvalue weighted by atomic mass is 10.2. The van der Waals surface area contributed by atoms with Gasteiger partial charge in [0.1, 0.15) is 0 Å². The van der Waals surface area contributed by atoms with Crippen LogP contribution in [0.15, 0.2) is 34.3 Å². The second kappa shape index (κ2) is 6.53. The first-order valence-electron chi connectivity index (χ1n) is 5.50. The maximum atomic E-state index is 11.5. The van der Waals surface area contributed by atoms with E-state index in [-0.39, 0.29) is 12.6 Å². The van der Waals surface area contributed by atoms with Gasteiger partial charge in [-0.15, -0.1) is 11.3 Å². The standard InChI is InChI=1S/C12H14N2O2S2/c15-11(9-3-5-17-8-9)7-14-12(16)13-6-10-2-1-4-18-10/h1-5,8,11,15H,6-7H2,(H2,13,14,16). The minimum Gasteiger partial charge on any atom is -0.387 e. The largest absolute Gasteiger partial charge is 0.387 e. The van der Waals surface area contributed by atoms with Crippen LogP contribution < -0.4 is 10.6 Å². The minimum atomic E-state index is -0.649. The van der Waals surface area contributed by atoms with Crippen LogP contribution in [-0.2, 0) is 6.54 Å². The first-order chi connectivity index (χ1) is 8.75. The smallest absolute Gasteiger partial charge is 0.315 e. The molecule has 2 amide bonds. The molecule has 0 aromatic carbocycles. The van der Waals surface area contributed by atoms with E-state index in [2.05, 4.69) is 10.6 Å². The number of nitrogens with one attached hydrogen (secondary N) is 2. The highest BCUT2D eigenvalue weighted by molar-refractivity contribution is 7.09. The van der Waals surface area contributed by atoms with E-state index in [0.29, 0.717) is 6.54 Å². The summed E-state index contributed by atoms with van der Waals surface area (Å²) in [6, 6.07) is 5.49. The fourth-order valence-electron chi connectivity index (χ4n) is 1.41. The zero-order valence-electron chi connectivity index (χ0n) is 9.63. The highest BCUT2D eigenvalue weighted by atomic mass is 32.1. The van der Waals surface area contributed by atoms with Crippen molar-refractivity contribution >= 4 is 28.7 Å². The van der Waals surface area contributed by atoms with E-state index in [4.69, 9.17) is 0 Å². The molecule has 2 aromatic rings. The van der Waals surface area contributed by atoms with Crippen LogP contribution in [0.25, 0.3) is 0 Å². The van der Waals surface area contributed by atoms with Gasteiger partial charge in [0, 0.05) is 11.4 Å². The molecule has 3 N–H and O–H groups in total. The molecule has 1 atom stereocenters. The predicted octanol–water partition coefficient (Wildman–Crippen LogP) is 2.34. The maximum Gasteiger partial charge on any atom is 0.315 e. The van der Waals surface area contributed by atoms with Crippen molar-refractivity contribution in [1.29, 1.82) is 0 Å². The van der Waals surface area contributed by atoms with Crippen molar-refractivity contribution in [2.24, 2.45) is 0 Å². The Labute approximate surface area is 113 Å². The number of thiophene rings is 2. The Bertz CT molecular complexity index is 468. The number of carbonyl (C=O) groups excluding carboxylic acids is 1. The minimum absolute atomic E-state index is 0.215. The zero-order valence-corrected chi connectivity index (χ0v) is 11.3. The van der Waals surface area contributed by atoms with Gasteiger partial charge < -0.3 is 15.7 Å². The Morgan fingerprint density at radius 2 is 2.22 bits per heavy atom. The number of aliphatic hydroxyl groups excluding tert-OH is 1. The van der Waals surface area contributed by atoms with E-state index < -0.39 is 6.10 Å². The number of rotatable bonds is 5. The highest BCUT2D eigenvalue weighted by Crippen LogP contribution is 2.14. The Balaban J connectivity index is 1.68. The van der Waals surface area contributed by atoms with Crippen molar-refractivity contribution in [3.05, 3.63) is 44.8 Å². The average molecular weight is 282 g/mol. The maximum absolute atomic E-state index is 11.5. The Kier molecular flexibility index (Phi) is 4.74. The lowest BCUT2D eigenvalue weighted by Crippen LogP contribution is -2.37. The van der Waals surface area contributed by atoms with Gasteiger partial charge in [0.05, 0.1) is 12.6 Å². The summed E-state index contributed by atoms with van der Waals surface area (Å²) in [5, 5.41) is 20.9. The third-order valence-electron chi connectivity index (χ3n) is 2.39. The molecule has 4 nitrogen and oxygen atoms in total. The van der Waals surface area contributed by atoms with Gasteiger partial charge in [-0.2, -0.15) is 11.3 Å². The van der Waals surface area contributed by atoms with Gasteiger partial charge in [-0.05, 0) is 33.8 Å². The van der Waals surface area contributed by atoms with E-state index in [1.54, 1.807) is 11.3 Å². The van der Waals surface area contributed by atoms with Crippen LogP contribution in [0.4, 0.5) is 4.79 Å². The summed E-state index contributed by atoms with van der Waals surface area (Å²) in [6.45, 7) is 0.727. The second-order valence-corrected chi connectivity index (χ2v) is 5.53. The van der Waals surface area contributed by atoms with E-state index in [9.17, 15) is 9.90 Å². The number of carbonyl (C=O) groups is 1. The summed E-state index contributed by atoms with van der Waals surface area (Å²) in [7, 11) is 0. The van der Waals surface area contributed by atoms with Crippen LogP contribution >= 0.6 is 22.7 Å². The quantitative estimate of drug-likeness (QED) is 0.788. The summed E-state index contributed by atoms with van der Waals surface area (Å²) in [6.07, 6.45) is -0.649. The molecule has 0 radical (unpaired) electrons. The first-order valence-corrected chi connectivity index (χ1v) is 7.32. The normalized spacial score (nSPS) is 12.1. The molecule has 0 spiro atoms. The van der Waals surface area contributed by atoms with Crippen molar-refractivity contribution in [2.45, 2.75) is 12.6 Å². The van der Waals surface area contributed by atoms with Gasteiger partial charge in [0.25, 0.3) is 0 Å². The number of aliphatic hydroxyl groups is 1. The molecule has 0 aliphatic rings. The summed E-state index contributed by atoms with van der Waals surface area (Å²) in [4.78, 5) is 12.6. The lowest BCUT2D eigenvalue weighted by Gasteiger charge is -2.11. The van der Waals surface area contributed by atoms with Crippen molar-refractivity contribution in [3.8, 4) is 0 Å². The highest BCUT2D eigenvalue weighted by Gasteiger charge is 2.09. The van der Waals surface area contributed by atoms with Crippen LogP contribution in [0, 0.1) is 0 Å². The molecule has 0 bridgehead atoms. The van der Waals surface area contributed by atoms with Gasteiger partial charge in [-0.1, -0.05) is 6.07 Å². The van der Waals surface area contributed by atoms with Crippen LogP contribution in [-0.4, -0.2) is 17.7 Å². The molecule has 0 aliphatic heterocycles. The van der Waals surface area contributed by atoms with Gasteiger partial charge in [-0.25, -0.2) is 4.79 Å². The monoisotopic (exact) mass is 282 g/mol. The summed E-state index contributed by atoms with van der Waals surface area (Å²) in [5.74, 6) is 0. The molecule has 2 rings (SSSR count). The summed E-state index contributed by atoms with van der Waals surface area (Å²) >= 11 is 3.12. The van der Waals surface area contributed by atoms with Gasteiger partial charge in [-0.3, -0.25) is 0 Å². The Morgan fingerprint density at radius 1 is 1.33 bits per heavy atom. The van der Waals surface area contributed by atoms with Crippen LogP contribution in [0.3, 0.4) is 0 Å². The van der Waals surface area contributed by atoms with E-state index in [1.807, 2.05) is 34.3 Å². The molecule has 0 saturated heterocycles. The molecule has 2 heterocycles. The lowest BCUT2D eigenvalue weighted by molar-refractivity contribution is 0.173. The number of hydrogen-bond donors (Lipinski definition) is 3. The predicted molar refractivity (Wildman–Crippen MR) is 73.8 cm³/mol. The van der Waals surface area contributed by atoms with Gasteiger partial charge in [0.15, 0.2) is 0 Å². The molecular formula is C12H14N2O2S2. The fraction of sp³-hybridized carbons (Fsp3) is 0.250. The molecule has 2 aromatic heterocycles. The molecule has 1 unspecified atom stereocenters. The number of amides is 2. The summed E-state index contributed by atoms with van der Waals surface area (Å²) < 4.78 is 0. The van der Waals surface area contributed by atoms with Gasteiger partial charge in [0.2, 0.25) is 0 Å². The van der Waals surface area contributed by atoms with E-state index in [1.165, 1.54) is 11.3 Å². The first kappa shape index (κ1) is 13.1. The molecule has 0 aliphatic carbocycles. The van der Waals surface area contributed by atoms with Crippen LogP contribution in [0.1, 0.15) is 16.5 Å². The van der Waals surface area contributed by atoms with Crippen molar-refractivity contribution < 1.29 is 9.90 Å². The third kappa shape index (κ3) is 3.83. The Morgan fingerprint density at radius 3 is 2.89 bits per heavy atom. The topological polar surface area (TPSA) is 61.4 Å². The van der Waals surface area contributed by atoms with Crippen molar-refractivity contribution in [3.63, 3.8) is 0 Å². The average Bonchev–Trinajstić information content (AvgIpc) is 3.05. The van der Waals surface area contributed by atoms with Crippen LogP contribution in [0.5, 0.6) is 0 Å². The fourth-order valence-corrected chi connectivity index (χ4v) is 2.77. The molecule has 6 heteroatoms. The second-order valence-electron chi connectivity index (χ2n) is 3.72. The number of hydrogen-bond acceptors (Lipinski definition) is 4.